The van der Waals surface area contributed by atoms with Crippen LogP contribution in [0.3, 0.4) is 0 Å². The van der Waals surface area contributed by atoms with E-state index in [1.54, 1.807) is 26.8 Å². The number of carbonyl (C=O) groups is 1. The van der Waals surface area contributed by atoms with E-state index in [0.29, 0.717) is 5.70 Å². The SMILES string of the molecule is C=C1C=CN(C[C@@H]2O[C@](CF)(COP(O)(=S)OP(=O)(O)OP(=O)(O)O)[C@@H](C)C2(C)C)C(=O)N1. The zero-order valence-electron chi connectivity index (χ0n) is 17.9. The molecule has 1 fully saturated rings. The second kappa shape index (κ2) is 9.85. The molecule has 0 aromatic carbocycles. The number of hydrogen-bond acceptors (Lipinski definition) is 8. The molecule has 0 aromatic heterocycles. The third-order valence-electron chi connectivity index (χ3n) is 5.57. The maximum atomic E-state index is 14.3. The first-order valence-corrected chi connectivity index (χ1v) is 14.9. The first kappa shape index (κ1) is 28.7. The minimum Gasteiger partial charge on any atom is -0.364 e. The number of nitrogens with zero attached hydrogens (tertiary/aromatic N) is 1. The normalized spacial score (nSPS) is 31.2. The number of halogens is 1. The van der Waals surface area contributed by atoms with E-state index in [1.165, 1.54) is 11.1 Å². The minimum absolute atomic E-state index is 0.0421. The lowest BCUT2D eigenvalue weighted by atomic mass is 9.71. The van der Waals surface area contributed by atoms with Crippen LogP contribution in [0.2, 0.25) is 0 Å². The Hall–Kier alpha value is -0.530. The Morgan fingerprint density at radius 2 is 1.91 bits per heavy atom. The standard InChI is InChI=1S/C15H26FN2O11P3S/c1-10-5-6-18(13(19)17-10)7-12-14(3,4)11(2)15(8-16,27-12)9-26-32(25,33)29-31(23,24)28-30(20,21)22/h5-6,11-12H,1,7-9H2,2-4H3,(H,17,19)(H,23,24)(H,25,33)(H2,20,21,22)/t11-,12-,15+,32?/m0/s1. The molecule has 2 amide bonds. The van der Waals surface area contributed by atoms with Crippen molar-refractivity contribution in [2.24, 2.45) is 11.3 Å². The summed E-state index contributed by atoms with van der Waals surface area (Å²) in [6, 6.07) is -0.452. The Labute approximate surface area is 194 Å². The van der Waals surface area contributed by atoms with E-state index in [1.807, 2.05) is 0 Å². The lowest BCUT2D eigenvalue weighted by Gasteiger charge is -2.34. The van der Waals surface area contributed by atoms with Gasteiger partial charge in [-0.2, -0.15) is 4.31 Å². The van der Waals surface area contributed by atoms with Gasteiger partial charge in [-0.1, -0.05) is 27.4 Å². The van der Waals surface area contributed by atoms with Gasteiger partial charge in [-0.15, -0.1) is 0 Å². The molecule has 2 heterocycles. The zero-order valence-corrected chi connectivity index (χ0v) is 21.4. The quantitative estimate of drug-likeness (QED) is 0.249. The second-order valence-electron chi connectivity index (χ2n) is 8.14. The van der Waals surface area contributed by atoms with Crippen molar-refractivity contribution in [3.63, 3.8) is 0 Å². The maximum absolute atomic E-state index is 14.3. The van der Waals surface area contributed by atoms with Gasteiger partial charge in [0.05, 0.1) is 19.3 Å². The van der Waals surface area contributed by atoms with Gasteiger partial charge in [0.25, 0.3) is 0 Å². The summed E-state index contributed by atoms with van der Waals surface area (Å²) in [6.07, 6.45) is 2.37. The molecule has 18 heteroatoms. The van der Waals surface area contributed by atoms with Crippen LogP contribution in [0.5, 0.6) is 0 Å². The number of phosphoric acid groups is 2. The fraction of sp³-hybridized carbons (Fsp3) is 0.667. The zero-order chi connectivity index (χ0) is 25.5. The smallest absolute Gasteiger partial charge is 0.364 e. The van der Waals surface area contributed by atoms with Crippen molar-refractivity contribution in [3.05, 3.63) is 24.6 Å². The number of urea groups is 1. The Balaban J connectivity index is 2.16. The van der Waals surface area contributed by atoms with E-state index >= 15 is 0 Å². The molecule has 0 saturated carbocycles. The van der Waals surface area contributed by atoms with Crippen molar-refractivity contribution in [1.82, 2.24) is 10.2 Å². The maximum Gasteiger partial charge on any atom is 0.488 e. The third-order valence-corrected chi connectivity index (χ3v) is 10.3. The van der Waals surface area contributed by atoms with Gasteiger partial charge in [-0.3, -0.25) is 4.90 Å². The highest BCUT2D eigenvalue weighted by Crippen LogP contribution is 2.67. The van der Waals surface area contributed by atoms with Crippen molar-refractivity contribution in [1.29, 1.82) is 0 Å². The number of carbonyl (C=O) groups excluding carboxylic acids is 1. The molecule has 190 valence electrons. The van der Waals surface area contributed by atoms with Gasteiger partial charge in [0, 0.05) is 11.9 Å². The summed E-state index contributed by atoms with van der Waals surface area (Å²) < 4.78 is 55.4. The van der Waals surface area contributed by atoms with Crippen LogP contribution in [0.4, 0.5) is 9.18 Å². The monoisotopic (exact) mass is 554 g/mol. The van der Waals surface area contributed by atoms with Crippen LogP contribution in [0.25, 0.3) is 0 Å². The lowest BCUT2D eigenvalue weighted by Crippen LogP contribution is -2.45. The summed E-state index contributed by atoms with van der Waals surface area (Å²) >= 11 is 4.60. The molecule has 13 nitrogen and oxygen atoms in total. The van der Waals surface area contributed by atoms with E-state index in [-0.39, 0.29) is 6.54 Å². The molecule has 0 spiro atoms. The van der Waals surface area contributed by atoms with E-state index in [2.05, 4.69) is 32.3 Å². The molecule has 33 heavy (non-hydrogen) atoms. The fourth-order valence-electron chi connectivity index (χ4n) is 3.43. The van der Waals surface area contributed by atoms with Crippen LogP contribution in [0, 0.1) is 11.3 Å². The van der Waals surface area contributed by atoms with Crippen LogP contribution >= 0.6 is 22.4 Å². The predicted octanol–water partition coefficient (Wildman–Crippen LogP) is 2.27. The number of amides is 2. The highest BCUT2D eigenvalue weighted by molar-refractivity contribution is 8.08. The first-order chi connectivity index (χ1) is 14.8. The molecule has 2 rings (SSSR count). The van der Waals surface area contributed by atoms with Gasteiger partial charge in [-0.25, -0.2) is 22.6 Å². The predicted molar refractivity (Wildman–Crippen MR) is 117 cm³/mol. The van der Waals surface area contributed by atoms with E-state index in [9.17, 15) is 28.1 Å². The highest BCUT2D eigenvalue weighted by atomic mass is 32.5. The number of rotatable bonds is 10. The topological polar surface area (TPSA) is 184 Å². The van der Waals surface area contributed by atoms with Gasteiger partial charge in [0.2, 0.25) is 0 Å². The Morgan fingerprint density at radius 1 is 1.30 bits per heavy atom. The number of ether oxygens (including phenoxy) is 1. The van der Waals surface area contributed by atoms with Gasteiger partial charge in [0.1, 0.15) is 12.3 Å². The molecule has 2 unspecified atom stereocenters. The number of nitrogens with one attached hydrogen (secondary N) is 1. The van der Waals surface area contributed by atoms with Crippen molar-refractivity contribution in [3.8, 4) is 0 Å². The number of hydrogen-bond donors (Lipinski definition) is 5. The van der Waals surface area contributed by atoms with Crippen molar-refractivity contribution < 1.29 is 55.8 Å². The Bertz CT molecular complexity index is 973. The van der Waals surface area contributed by atoms with Gasteiger partial charge in [0.15, 0.2) is 0 Å². The minimum atomic E-state index is -5.51. The molecule has 1 saturated heterocycles. The Kier molecular flexibility index (Phi) is 8.57. The number of alkyl halides is 1. The fourth-order valence-corrected chi connectivity index (χ4v) is 7.42. The van der Waals surface area contributed by atoms with Crippen LogP contribution in [0.1, 0.15) is 20.8 Å². The summed E-state index contributed by atoms with van der Waals surface area (Å²) in [5, 5.41) is 2.53. The first-order valence-electron chi connectivity index (χ1n) is 9.29. The van der Waals surface area contributed by atoms with Crippen LogP contribution in [0.15, 0.2) is 24.6 Å². The molecule has 2 aliphatic heterocycles. The molecule has 5 atom stereocenters. The summed E-state index contributed by atoms with van der Waals surface area (Å²) in [4.78, 5) is 50.2. The average molecular weight is 554 g/mol. The van der Waals surface area contributed by atoms with Crippen molar-refractivity contribution in [2.45, 2.75) is 32.5 Å². The summed E-state index contributed by atoms with van der Waals surface area (Å²) in [6.45, 7) is 2.41. The van der Waals surface area contributed by atoms with Gasteiger partial charge in [-0.05, 0) is 29.2 Å². The van der Waals surface area contributed by atoms with Gasteiger partial charge < -0.3 is 34.2 Å². The summed E-state index contributed by atoms with van der Waals surface area (Å²) in [7, 11) is -11.0. The molecule has 0 radical (unpaired) electrons. The third kappa shape index (κ3) is 7.23. The largest absolute Gasteiger partial charge is 0.488 e. The Morgan fingerprint density at radius 3 is 2.42 bits per heavy atom. The van der Waals surface area contributed by atoms with Crippen LogP contribution in [-0.2, 0) is 38.8 Å². The number of allylic oxidation sites excluding steroid dienone is 1. The van der Waals surface area contributed by atoms with Gasteiger partial charge >= 0.3 is 28.4 Å². The van der Waals surface area contributed by atoms with Crippen molar-refractivity contribution in [2.75, 3.05) is 19.8 Å². The molecular weight excluding hydrogens is 528 g/mol. The summed E-state index contributed by atoms with van der Waals surface area (Å²) in [5.74, 6) is -0.575. The molecule has 0 bridgehead atoms. The van der Waals surface area contributed by atoms with Crippen LogP contribution in [-0.4, -0.2) is 62.0 Å². The van der Waals surface area contributed by atoms with Crippen molar-refractivity contribution >= 4 is 40.2 Å². The molecule has 5 N–H and O–H groups in total. The lowest BCUT2D eigenvalue weighted by molar-refractivity contribution is -0.0993. The van der Waals surface area contributed by atoms with E-state index < -0.39 is 64.7 Å². The van der Waals surface area contributed by atoms with E-state index in [0.717, 1.165) is 0 Å². The molecule has 0 aliphatic carbocycles. The molecule has 2 aliphatic rings. The molecule has 0 aromatic rings. The van der Waals surface area contributed by atoms with Crippen LogP contribution < -0.4 is 5.32 Å². The second-order valence-corrected chi connectivity index (χ2v) is 13.9. The molecular formula is C15H26FN2O11P3S. The summed E-state index contributed by atoms with van der Waals surface area (Å²) in [5.41, 5.74) is -2.00. The highest BCUT2D eigenvalue weighted by Gasteiger charge is 2.58. The van der Waals surface area contributed by atoms with E-state index in [4.69, 9.17) is 19.0 Å². The average Bonchev–Trinajstić information content (AvgIpc) is 2.80.